The molecule has 29 heavy (non-hydrogen) atoms. The highest BCUT2D eigenvalue weighted by Gasteiger charge is 2.13. The molecular formula is C19H15N5O2S3. The van der Waals surface area contributed by atoms with E-state index >= 15 is 0 Å². The van der Waals surface area contributed by atoms with Crippen molar-refractivity contribution in [1.29, 1.82) is 0 Å². The number of anilines is 1. The van der Waals surface area contributed by atoms with Gasteiger partial charge in [0.1, 0.15) is 0 Å². The van der Waals surface area contributed by atoms with E-state index in [0.29, 0.717) is 22.3 Å². The highest BCUT2D eigenvalue weighted by Crippen LogP contribution is 2.27. The van der Waals surface area contributed by atoms with Crippen LogP contribution in [-0.2, 0) is 10.7 Å². The number of benzene rings is 2. The molecule has 0 saturated carbocycles. The minimum absolute atomic E-state index is 0.149. The lowest BCUT2D eigenvalue weighted by molar-refractivity contribution is -0.114. The van der Waals surface area contributed by atoms with Crippen molar-refractivity contribution in [3.8, 4) is 11.3 Å². The minimum Gasteiger partial charge on any atom is -0.326 e. The number of carbonyl (C=O) groups is 1. The largest absolute Gasteiger partial charge is 0.326 e. The summed E-state index contributed by atoms with van der Waals surface area (Å²) in [5.41, 5.74) is 1.84. The lowest BCUT2D eigenvalue weighted by Crippen LogP contribution is -2.16. The molecule has 10 heteroatoms. The number of carbonyl (C=O) groups excluding carboxylic acids is 1. The SMILES string of the molecule is CC(=O)Nc1ccccc1-c1nnc(SCn2c(=S)sc3ccccc32)[nH]c1=O. The first-order valence-electron chi connectivity index (χ1n) is 8.58. The summed E-state index contributed by atoms with van der Waals surface area (Å²) in [4.78, 5) is 26.8. The molecule has 1 amide bonds. The zero-order chi connectivity index (χ0) is 20.4. The summed E-state index contributed by atoms with van der Waals surface area (Å²) in [5.74, 6) is 0.281. The zero-order valence-corrected chi connectivity index (χ0v) is 17.7. The number of nitrogens with zero attached hydrogens (tertiary/aromatic N) is 3. The second-order valence-corrected chi connectivity index (χ2v) is 8.68. The van der Waals surface area contributed by atoms with E-state index in [4.69, 9.17) is 12.2 Å². The molecule has 0 saturated heterocycles. The number of hydrogen-bond donors (Lipinski definition) is 2. The molecule has 2 aromatic carbocycles. The summed E-state index contributed by atoms with van der Waals surface area (Å²) in [5, 5.41) is 11.3. The summed E-state index contributed by atoms with van der Waals surface area (Å²) in [6.07, 6.45) is 0. The van der Waals surface area contributed by atoms with Crippen LogP contribution in [0.5, 0.6) is 0 Å². The predicted molar refractivity (Wildman–Crippen MR) is 119 cm³/mol. The van der Waals surface area contributed by atoms with Gasteiger partial charge < -0.3 is 9.88 Å². The maximum Gasteiger partial charge on any atom is 0.278 e. The van der Waals surface area contributed by atoms with Crippen molar-refractivity contribution in [2.75, 3.05) is 5.32 Å². The first-order valence-corrected chi connectivity index (χ1v) is 10.8. The first kappa shape index (κ1) is 19.5. The Kier molecular flexibility index (Phi) is 5.56. The van der Waals surface area contributed by atoms with E-state index < -0.39 is 0 Å². The van der Waals surface area contributed by atoms with E-state index in [1.54, 1.807) is 35.6 Å². The highest BCUT2D eigenvalue weighted by atomic mass is 32.2. The first-order chi connectivity index (χ1) is 14.0. The van der Waals surface area contributed by atoms with Crippen LogP contribution < -0.4 is 10.9 Å². The Morgan fingerprint density at radius 1 is 1.21 bits per heavy atom. The van der Waals surface area contributed by atoms with Gasteiger partial charge in [0.25, 0.3) is 5.56 Å². The monoisotopic (exact) mass is 441 g/mol. The fourth-order valence-corrected chi connectivity index (χ4v) is 5.08. The third-order valence-electron chi connectivity index (χ3n) is 4.07. The lowest BCUT2D eigenvalue weighted by Gasteiger charge is -2.09. The predicted octanol–water partition coefficient (Wildman–Crippen LogP) is 4.29. The molecule has 4 rings (SSSR count). The number of H-pyrrole nitrogens is 1. The molecule has 7 nitrogen and oxygen atoms in total. The van der Waals surface area contributed by atoms with Crippen LogP contribution in [0.4, 0.5) is 5.69 Å². The van der Waals surface area contributed by atoms with Gasteiger partial charge in [-0.25, -0.2) is 0 Å². The number of aromatic nitrogens is 4. The number of thiazole rings is 1. The summed E-state index contributed by atoms with van der Waals surface area (Å²) in [6.45, 7) is 1.41. The quantitative estimate of drug-likeness (QED) is 0.355. The Balaban J connectivity index is 1.60. The van der Waals surface area contributed by atoms with E-state index in [-0.39, 0.29) is 17.2 Å². The fraction of sp³-hybridized carbons (Fsp3) is 0.105. The molecule has 2 heterocycles. The smallest absolute Gasteiger partial charge is 0.278 e. The van der Waals surface area contributed by atoms with Gasteiger partial charge >= 0.3 is 0 Å². The molecule has 0 bridgehead atoms. The normalized spacial score (nSPS) is 10.9. The lowest BCUT2D eigenvalue weighted by atomic mass is 10.1. The molecule has 0 aliphatic carbocycles. The van der Waals surface area contributed by atoms with Crippen molar-refractivity contribution in [3.63, 3.8) is 0 Å². The molecule has 146 valence electrons. The molecule has 0 atom stereocenters. The number of hydrogen-bond acceptors (Lipinski definition) is 7. The number of thioether (sulfide) groups is 1. The Labute approximate surface area is 178 Å². The molecular weight excluding hydrogens is 426 g/mol. The Bertz CT molecular complexity index is 1330. The van der Waals surface area contributed by atoms with Crippen LogP contribution in [-0.4, -0.2) is 25.7 Å². The van der Waals surface area contributed by atoms with Crippen LogP contribution in [0, 0.1) is 3.95 Å². The summed E-state index contributed by atoms with van der Waals surface area (Å²) in [7, 11) is 0. The molecule has 0 aliphatic heterocycles. The van der Waals surface area contributed by atoms with Gasteiger partial charge in [-0.1, -0.05) is 42.1 Å². The van der Waals surface area contributed by atoms with E-state index in [1.165, 1.54) is 18.7 Å². The van der Waals surface area contributed by atoms with Gasteiger partial charge in [-0.05, 0) is 30.4 Å². The molecule has 4 aromatic rings. The minimum atomic E-state index is -0.376. The van der Waals surface area contributed by atoms with Crippen LogP contribution in [0.15, 0.2) is 58.5 Å². The van der Waals surface area contributed by atoms with E-state index in [0.717, 1.165) is 14.2 Å². The number of aromatic amines is 1. The van der Waals surface area contributed by atoms with E-state index in [9.17, 15) is 9.59 Å². The van der Waals surface area contributed by atoms with E-state index in [1.807, 2.05) is 28.8 Å². The van der Waals surface area contributed by atoms with Gasteiger partial charge in [0.05, 0.1) is 21.8 Å². The van der Waals surface area contributed by atoms with Crippen molar-refractivity contribution in [1.82, 2.24) is 19.7 Å². The maximum atomic E-state index is 12.6. The average molecular weight is 442 g/mol. The number of rotatable bonds is 5. The molecule has 0 aliphatic rings. The Hall–Kier alpha value is -2.82. The molecule has 0 fully saturated rings. The topological polar surface area (TPSA) is 92.7 Å². The van der Waals surface area contributed by atoms with E-state index in [2.05, 4.69) is 20.5 Å². The number of nitrogens with one attached hydrogen (secondary N) is 2. The standard InChI is InChI=1S/C19H15N5O2S3/c1-11(25)20-13-7-3-2-6-12(13)16-17(26)21-18(23-22-16)28-10-24-14-8-4-5-9-15(14)29-19(24)27/h2-9H,10H2,1H3,(H,20,25)(H,21,23,26). The molecule has 0 spiro atoms. The molecule has 0 unspecified atom stereocenters. The van der Waals surface area contributed by atoms with Gasteiger partial charge in [0.15, 0.2) is 14.8 Å². The van der Waals surface area contributed by atoms with Crippen molar-refractivity contribution < 1.29 is 4.79 Å². The van der Waals surface area contributed by atoms with Crippen LogP contribution in [0.3, 0.4) is 0 Å². The van der Waals surface area contributed by atoms with Crippen LogP contribution >= 0.6 is 35.3 Å². The van der Waals surface area contributed by atoms with Crippen molar-refractivity contribution in [2.24, 2.45) is 0 Å². The molecule has 2 N–H and O–H groups in total. The third-order valence-corrected chi connectivity index (χ3v) is 6.35. The Morgan fingerprint density at radius 3 is 2.76 bits per heavy atom. The zero-order valence-electron chi connectivity index (χ0n) is 15.2. The van der Waals surface area contributed by atoms with Crippen LogP contribution in [0.25, 0.3) is 21.5 Å². The van der Waals surface area contributed by atoms with Gasteiger partial charge in [0.2, 0.25) is 5.91 Å². The van der Waals surface area contributed by atoms with Gasteiger partial charge in [-0.2, -0.15) is 0 Å². The second-order valence-electron chi connectivity index (χ2n) is 6.07. The summed E-state index contributed by atoms with van der Waals surface area (Å²) in [6, 6.07) is 15.0. The average Bonchev–Trinajstić information content (AvgIpc) is 3.02. The number of fused-ring (bicyclic) bond motifs is 1. The summed E-state index contributed by atoms with van der Waals surface area (Å²) >= 11 is 8.34. The Morgan fingerprint density at radius 2 is 1.97 bits per heavy atom. The van der Waals surface area contributed by atoms with Gasteiger partial charge in [0, 0.05) is 12.5 Å². The van der Waals surface area contributed by atoms with Crippen molar-refractivity contribution in [3.05, 3.63) is 62.8 Å². The fourth-order valence-electron chi connectivity index (χ4n) is 2.81. The van der Waals surface area contributed by atoms with Gasteiger partial charge in [-0.3, -0.25) is 14.6 Å². The molecule has 2 aromatic heterocycles. The third kappa shape index (κ3) is 4.14. The number of amides is 1. The van der Waals surface area contributed by atoms with Crippen molar-refractivity contribution in [2.45, 2.75) is 18.0 Å². The van der Waals surface area contributed by atoms with Crippen LogP contribution in [0.2, 0.25) is 0 Å². The highest BCUT2D eigenvalue weighted by molar-refractivity contribution is 7.98. The number of para-hydroxylation sites is 2. The second kappa shape index (κ2) is 8.27. The summed E-state index contributed by atoms with van der Waals surface area (Å²) < 4.78 is 3.87. The maximum absolute atomic E-state index is 12.6. The molecule has 0 radical (unpaired) electrons. The van der Waals surface area contributed by atoms with Gasteiger partial charge in [-0.15, -0.1) is 21.5 Å². The van der Waals surface area contributed by atoms with Crippen LogP contribution in [0.1, 0.15) is 6.92 Å². The van der Waals surface area contributed by atoms with Crippen molar-refractivity contribution >= 4 is 57.1 Å².